The Bertz CT molecular complexity index is 1040. The third kappa shape index (κ3) is 3.70. The van der Waals surface area contributed by atoms with Crippen LogP contribution in [-0.4, -0.2) is 5.78 Å². The van der Waals surface area contributed by atoms with E-state index >= 15 is 0 Å². The molecule has 0 aromatic heterocycles. The molecule has 0 amide bonds. The van der Waals surface area contributed by atoms with Crippen molar-refractivity contribution in [3.05, 3.63) is 144 Å². The van der Waals surface area contributed by atoms with Crippen LogP contribution in [0.1, 0.15) is 27.0 Å². The minimum Gasteiger partial charge on any atom is -0.289 e. The molecule has 0 heterocycles. The first-order chi connectivity index (χ1) is 13.8. The average Bonchev–Trinajstić information content (AvgIpc) is 2.79. The second kappa shape index (κ2) is 8.32. The van der Waals surface area contributed by atoms with Gasteiger partial charge in [0.2, 0.25) is 0 Å². The summed E-state index contributed by atoms with van der Waals surface area (Å²) in [4.78, 5) is 13.7. The van der Waals surface area contributed by atoms with Gasteiger partial charge < -0.3 is 0 Å². The maximum atomic E-state index is 13.7. The summed E-state index contributed by atoms with van der Waals surface area (Å²) in [5.74, 6) is 0.0227. The first kappa shape index (κ1) is 17.7. The lowest BCUT2D eigenvalue weighted by atomic mass is 9.85. The Morgan fingerprint density at radius 2 is 0.714 bits per heavy atom. The van der Waals surface area contributed by atoms with Gasteiger partial charge in [0.05, 0.1) is 0 Å². The average molecular weight is 360 g/mol. The van der Waals surface area contributed by atoms with Crippen LogP contribution < -0.4 is 0 Å². The number of Topliss-reactive ketones (excluding diaryl/α,β-unsaturated/α-hetero) is 1. The molecule has 0 bridgehead atoms. The summed E-state index contributed by atoms with van der Waals surface area (Å²) in [7, 11) is 0. The number of carbonyl (C=O) groups excluding carboxylic acids is 1. The van der Waals surface area contributed by atoms with Crippen molar-refractivity contribution >= 4 is 16.9 Å². The van der Waals surface area contributed by atoms with Crippen LogP contribution in [0.15, 0.2) is 121 Å². The molecule has 134 valence electrons. The Labute approximate surface area is 165 Å². The third-order valence-corrected chi connectivity index (χ3v) is 4.70. The third-order valence-electron chi connectivity index (χ3n) is 4.70. The fourth-order valence-corrected chi connectivity index (χ4v) is 3.39. The van der Waals surface area contributed by atoms with E-state index in [1.54, 1.807) is 0 Å². The van der Waals surface area contributed by atoms with Gasteiger partial charge in [-0.15, -0.1) is 0 Å². The number of benzene rings is 4. The number of ketones is 1. The Morgan fingerprint density at radius 1 is 0.393 bits per heavy atom. The van der Waals surface area contributed by atoms with Crippen molar-refractivity contribution in [2.24, 2.45) is 0 Å². The standard InChI is InChI=1S/C27H20O/c28-27(24-19-11-4-12-20-24)26(23-17-9-3-10-18-23)25(21-13-5-1-6-14-21)22-15-7-2-8-16-22/h1-20H. The van der Waals surface area contributed by atoms with Gasteiger partial charge in [0, 0.05) is 16.7 Å². The Kier molecular flexibility index (Phi) is 5.26. The molecular weight excluding hydrogens is 340 g/mol. The normalized spacial score (nSPS) is 10.3. The summed E-state index contributed by atoms with van der Waals surface area (Å²) >= 11 is 0. The monoisotopic (exact) mass is 360 g/mol. The summed E-state index contributed by atoms with van der Waals surface area (Å²) in [5, 5.41) is 0. The molecule has 0 saturated carbocycles. The molecular formula is C27H20O. The molecule has 4 rings (SSSR count). The van der Waals surface area contributed by atoms with Crippen molar-refractivity contribution in [2.45, 2.75) is 0 Å². The zero-order chi connectivity index (χ0) is 19.2. The molecule has 0 unspecified atom stereocenters. The van der Waals surface area contributed by atoms with Gasteiger partial charge in [-0.3, -0.25) is 4.79 Å². The SMILES string of the molecule is O=C(C(=C(c1ccccc1)c1ccccc1)c1ccccc1)c1ccccc1. The highest BCUT2D eigenvalue weighted by molar-refractivity contribution is 6.35. The lowest BCUT2D eigenvalue weighted by Gasteiger charge is -2.16. The van der Waals surface area contributed by atoms with Gasteiger partial charge in [0.25, 0.3) is 0 Å². The molecule has 1 heteroatoms. The molecule has 0 aliphatic heterocycles. The second-order valence-corrected chi connectivity index (χ2v) is 6.54. The summed E-state index contributed by atoms with van der Waals surface area (Å²) in [5.41, 5.74) is 5.31. The molecule has 0 fully saturated rings. The van der Waals surface area contributed by atoms with E-state index in [1.165, 1.54) is 0 Å². The molecule has 0 spiro atoms. The maximum Gasteiger partial charge on any atom is 0.194 e. The van der Waals surface area contributed by atoms with Crippen molar-refractivity contribution in [2.75, 3.05) is 0 Å². The lowest BCUT2D eigenvalue weighted by molar-refractivity contribution is 0.105. The van der Waals surface area contributed by atoms with Crippen LogP contribution >= 0.6 is 0 Å². The van der Waals surface area contributed by atoms with E-state index in [2.05, 4.69) is 24.3 Å². The van der Waals surface area contributed by atoms with Crippen LogP contribution in [0.2, 0.25) is 0 Å². The van der Waals surface area contributed by atoms with Crippen molar-refractivity contribution in [1.82, 2.24) is 0 Å². The number of rotatable bonds is 5. The maximum absolute atomic E-state index is 13.7. The minimum atomic E-state index is 0.0227. The topological polar surface area (TPSA) is 17.1 Å². The molecule has 0 aliphatic rings. The molecule has 0 N–H and O–H groups in total. The molecule has 1 nitrogen and oxygen atoms in total. The number of hydrogen-bond donors (Lipinski definition) is 0. The van der Waals surface area contributed by atoms with E-state index in [4.69, 9.17) is 0 Å². The number of hydrogen-bond acceptors (Lipinski definition) is 1. The first-order valence-electron chi connectivity index (χ1n) is 9.35. The van der Waals surface area contributed by atoms with Crippen LogP contribution in [0.4, 0.5) is 0 Å². The van der Waals surface area contributed by atoms with Crippen molar-refractivity contribution in [3.8, 4) is 0 Å². The molecule has 0 aliphatic carbocycles. The first-order valence-corrected chi connectivity index (χ1v) is 9.35. The van der Waals surface area contributed by atoms with Crippen molar-refractivity contribution < 1.29 is 4.79 Å². The van der Waals surface area contributed by atoms with Crippen LogP contribution in [0.25, 0.3) is 11.1 Å². The largest absolute Gasteiger partial charge is 0.289 e. The van der Waals surface area contributed by atoms with Gasteiger partial charge in [0.15, 0.2) is 5.78 Å². The molecule has 0 saturated heterocycles. The van der Waals surface area contributed by atoms with E-state index in [1.807, 2.05) is 97.1 Å². The van der Waals surface area contributed by atoms with Crippen LogP contribution in [0.3, 0.4) is 0 Å². The van der Waals surface area contributed by atoms with Crippen LogP contribution in [0.5, 0.6) is 0 Å². The Morgan fingerprint density at radius 3 is 1.11 bits per heavy atom. The highest BCUT2D eigenvalue weighted by atomic mass is 16.1. The number of allylic oxidation sites excluding steroid dienone is 1. The minimum absolute atomic E-state index is 0.0227. The van der Waals surface area contributed by atoms with Gasteiger partial charge in [-0.25, -0.2) is 0 Å². The van der Waals surface area contributed by atoms with E-state index in [0.29, 0.717) is 11.1 Å². The van der Waals surface area contributed by atoms with E-state index in [-0.39, 0.29) is 5.78 Å². The van der Waals surface area contributed by atoms with Gasteiger partial charge in [-0.1, -0.05) is 121 Å². The zero-order valence-electron chi connectivity index (χ0n) is 15.5. The Balaban J connectivity index is 2.05. The summed E-state index contributed by atoms with van der Waals surface area (Å²) in [6.45, 7) is 0. The highest BCUT2D eigenvalue weighted by Gasteiger charge is 2.21. The smallest absolute Gasteiger partial charge is 0.194 e. The summed E-state index contributed by atoms with van der Waals surface area (Å²) in [6, 6.07) is 39.7. The molecule has 0 atom stereocenters. The highest BCUT2D eigenvalue weighted by Crippen LogP contribution is 2.34. The van der Waals surface area contributed by atoms with Gasteiger partial charge in [-0.2, -0.15) is 0 Å². The fraction of sp³-hybridized carbons (Fsp3) is 0. The van der Waals surface area contributed by atoms with E-state index in [9.17, 15) is 4.79 Å². The quantitative estimate of drug-likeness (QED) is 0.225. The van der Waals surface area contributed by atoms with Gasteiger partial charge in [0.1, 0.15) is 0 Å². The predicted octanol–water partition coefficient (Wildman–Crippen LogP) is 6.53. The number of carbonyl (C=O) groups is 1. The zero-order valence-corrected chi connectivity index (χ0v) is 15.5. The molecule has 0 radical (unpaired) electrons. The second-order valence-electron chi connectivity index (χ2n) is 6.54. The van der Waals surface area contributed by atoms with E-state index < -0.39 is 0 Å². The molecule has 28 heavy (non-hydrogen) atoms. The fourth-order valence-electron chi connectivity index (χ4n) is 3.39. The summed E-state index contributed by atoms with van der Waals surface area (Å²) < 4.78 is 0. The lowest BCUT2D eigenvalue weighted by Crippen LogP contribution is -2.07. The predicted molar refractivity (Wildman–Crippen MR) is 116 cm³/mol. The van der Waals surface area contributed by atoms with Crippen molar-refractivity contribution in [1.29, 1.82) is 0 Å². The Hall–Kier alpha value is -3.71. The molecule has 4 aromatic rings. The summed E-state index contributed by atoms with van der Waals surface area (Å²) in [6.07, 6.45) is 0. The van der Waals surface area contributed by atoms with Crippen molar-refractivity contribution in [3.63, 3.8) is 0 Å². The molecule has 4 aromatic carbocycles. The van der Waals surface area contributed by atoms with Gasteiger partial charge in [-0.05, 0) is 16.7 Å². The van der Waals surface area contributed by atoms with Gasteiger partial charge >= 0.3 is 0 Å². The van der Waals surface area contributed by atoms with E-state index in [0.717, 1.165) is 22.3 Å². The van der Waals surface area contributed by atoms with Crippen LogP contribution in [-0.2, 0) is 0 Å². The van der Waals surface area contributed by atoms with Crippen LogP contribution in [0, 0.1) is 0 Å².